The van der Waals surface area contributed by atoms with Gasteiger partial charge in [0, 0.05) is 19.2 Å². The van der Waals surface area contributed by atoms with E-state index in [2.05, 4.69) is 20.6 Å². The molecule has 1 aliphatic heterocycles. The van der Waals surface area contributed by atoms with Crippen molar-refractivity contribution in [2.75, 3.05) is 30.0 Å². The minimum atomic E-state index is -1.05. The van der Waals surface area contributed by atoms with Crippen molar-refractivity contribution in [1.29, 1.82) is 0 Å². The molecule has 0 spiro atoms. The summed E-state index contributed by atoms with van der Waals surface area (Å²) in [6, 6.07) is -0.110. The molecule has 1 aromatic rings. The maximum atomic E-state index is 12.0. The Morgan fingerprint density at radius 1 is 1.42 bits per heavy atom. The Morgan fingerprint density at radius 3 is 2.74 bits per heavy atom. The second-order valence-corrected chi connectivity index (χ2v) is 6.41. The zero-order valence-corrected chi connectivity index (χ0v) is 12.3. The summed E-state index contributed by atoms with van der Waals surface area (Å²) in [6.45, 7) is 4.05. The number of fused-ring (bicyclic) bond motifs is 1. The first-order chi connectivity index (χ1) is 9.06. The molecule has 2 unspecified atom stereocenters. The number of hydrogen-bond acceptors (Lipinski definition) is 6. The van der Waals surface area contributed by atoms with Crippen LogP contribution < -0.4 is 10.6 Å². The van der Waals surface area contributed by atoms with Gasteiger partial charge in [-0.15, -0.1) is 0 Å². The molecule has 19 heavy (non-hydrogen) atoms. The second kappa shape index (κ2) is 5.83. The van der Waals surface area contributed by atoms with Gasteiger partial charge in [0.25, 0.3) is 0 Å². The predicted octanol–water partition coefficient (Wildman–Crippen LogP) is 0.611. The van der Waals surface area contributed by atoms with E-state index in [1.807, 2.05) is 13.8 Å². The number of aromatic nitrogens is 2. The summed E-state index contributed by atoms with van der Waals surface area (Å²) in [5.74, 6) is 1.94. The molecule has 1 aliphatic rings. The third-order valence-electron chi connectivity index (χ3n) is 3.23. The van der Waals surface area contributed by atoms with E-state index in [9.17, 15) is 9.32 Å². The number of aryl methyl sites for hydroxylation is 1. The quantitative estimate of drug-likeness (QED) is 0.734. The molecule has 6 nitrogen and oxygen atoms in total. The van der Waals surface area contributed by atoms with Crippen molar-refractivity contribution in [3.05, 3.63) is 5.69 Å². The van der Waals surface area contributed by atoms with Crippen LogP contribution in [0.1, 0.15) is 19.5 Å². The molecule has 2 rings (SSSR count). The van der Waals surface area contributed by atoms with Gasteiger partial charge < -0.3 is 15.7 Å². The monoisotopic (exact) mass is 284 g/mol. The van der Waals surface area contributed by atoms with Crippen LogP contribution in [0.2, 0.25) is 0 Å². The zero-order chi connectivity index (χ0) is 14.0. The summed E-state index contributed by atoms with van der Waals surface area (Å²) in [5.41, 5.74) is 0.834. The molecule has 0 aliphatic carbocycles. The van der Waals surface area contributed by atoms with E-state index in [1.54, 1.807) is 7.05 Å². The molecule has 3 N–H and O–H groups in total. The molecule has 0 radical (unpaired) electrons. The molecule has 0 saturated heterocycles. The molecule has 106 valence electrons. The zero-order valence-electron chi connectivity index (χ0n) is 11.4. The summed E-state index contributed by atoms with van der Waals surface area (Å²) >= 11 is 0. The van der Waals surface area contributed by atoms with E-state index >= 15 is 0 Å². The van der Waals surface area contributed by atoms with Gasteiger partial charge >= 0.3 is 0 Å². The molecule has 0 fully saturated rings. The topological polar surface area (TPSA) is 87.1 Å². The summed E-state index contributed by atoms with van der Waals surface area (Å²) in [7, 11) is 0.705. The third kappa shape index (κ3) is 2.87. The molecule has 0 amide bonds. The van der Waals surface area contributed by atoms with Crippen molar-refractivity contribution in [1.82, 2.24) is 9.97 Å². The average molecular weight is 284 g/mol. The lowest BCUT2D eigenvalue weighted by Crippen LogP contribution is -2.30. The van der Waals surface area contributed by atoms with E-state index in [-0.39, 0.29) is 18.6 Å². The van der Waals surface area contributed by atoms with Crippen LogP contribution in [0.15, 0.2) is 4.90 Å². The van der Waals surface area contributed by atoms with Crippen molar-refractivity contribution in [2.24, 2.45) is 5.92 Å². The van der Waals surface area contributed by atoms with Gasteiger partial charge in [0.1, 0.15) is 10.7 Å². The highest BCUT2D eigenvalue weighted by molar-refractivity contribution is 7.85. The van der Waals surface area contributed by atoms with E-state index in [4.69, 9.17) is 0 Å². The van der Waals surface area contributed by atoms with Crippen LogP contribution in [0, 0.1) is 5.92 Å². The van der Waals surface area contributed by atoms with Gasteiger partial charge in [-0.05, 0) is 5.92 Å². The first-order valence-corrected chi connectivity index (χ1v) is 7.73. The maximum absolute atomic E-state index is 12.0. The molecule has 7 heteroatoms. The summed E-state index contributed by atoms with van der Waals surface area (Å²) in [5, 5.41) is 15.5. The number of hydrogen-bond donors (Lipinski definition) is 3. The van der Waals surface area contributed by atoms with Crippen LogP contribution in [0.4, 0.5) is 11.8 Å². The van der Waals surface area contributed by atoms with Crippen molar-refractivity contribution in [2.45, 2.75) is 31.2 Å². The maximum Gasteiger partial charge on any atom is 0.224 e. The number of anilines is 2. The largest absolute Gasteiger partial charge is 0.394 e. The molecule has 2 heterocycles. The Labute approximate surface area is 115 Å². The molecule has 0 bridgehead atoms. The van der Waals surface area contributed by atoms with Crippen LogP contribution in [0.3, 0.4) is 0 Å². The third-order valence-corrected chi connectivity index (χ3v) is 4.69. The van der Waals surface area contributed by atoms with Gasteiger partial charge in [-0.1, -0.05) is 13.8 Å². The van der Waals surface area contributed by atoms with Gasteiger partial charge in [0.15, 0.2) is 0 Å². The summed E-state index contributed by atoms with van der Waals surface area (Å²) < 4.78 is 12.0. The number of aliphatic hydroxyl groups is 1. The van der Waals surface area contributed by atoms with Crippen LogP contribution in [0.25, 0.3) is 0 Å². The lowest BCUT2D eigenvalue weighted by atomic mass is 10.1. The van der Waals surface area contributed by atoms with Crippen molar-refractivity contribution >= 4 is 22.6 Å². The number of nitrogens with one attached hydrogen (secondary N) is 2. The molecule has 0 aromatic carbocycles. The minimum Gasteiger partial charge on any atom is -0.394 e. The van der Waals surface area contributed by atoms with Crippen LogP contribution in [0.5, 0.6) is 0 Å². The van der Waals surface area contributed by atoms with Crippen molar-refractivity contribution < 1.29 is 9.32 Å². The van der Waals surface area contributed by atoms with Crippen molar-refractivity contribution in [3.63, 3.8) is 0 Å². The Balaban J connectivity index is 2.38. The molecule has 0 saturated carbocycles. The van der Waals surface area contributed by atoms with E-state index < -0.39 is 10.8 Å². The van der Waals surface area contributed by atoms with Gasteiger partial charge in [-0.3, -0.25) is 4.21 Å². The fraction of sp³-hybridized carbons (Fsp3) is 0.667. The van der Waals surface area contributed by atoms with Crippen molar-refractivity contribution in [3.8, 4) is 0 Å². The first-order valence-electron chi connectivity index (χ1n) is 6.41. The van der Waals surface area contributed by atoms with Crippen LogP contribution >= 0.6 is 0 Å². The smallest absolute Gasteiger partial charge is 0.224 e. The Bertz CT molecular complexity index is 493. The van der Waals surface area contributed by atoms with E-state index in [0.29, 0.717) is 28.8 Å². The molecule has 2 atom stereocenters. The minimum absolute atomic E-state index is 0.0119. The van der Waals surface area contributed by atoms with Gasteiger partial charge in [0.05, 0.1) is 29.1 Å². The average Bonchev–Trinajstić information content (AvgIpc) is 2.77. The highest BCUT2D eigenvalue weighted by Gasteiger charge is 2.27. The highest BCUT2D eigenvalue weighted by Crippen LogP contribution is 2.29. The summed E-state index contributed by atoms with van der Waals surface area (Å²) in [4.78, 5) is 9.38. The van der Waals surface area contributed by atoms with E-state index in [1.165, 1.54) is 0 Å². The number of aliphatic hydroxyl groups excluding tert-OH is 1. The van der Waals surface area contributed by atoms with Crippen LogP contribution in [-0.4, -0.2) is 44.7 Å². The standard InChI is InChI=1S/C12H20N4O2S/c1-7(2)9(6-17)14-11-10-8(4-5-19(10)18)15-12(13-3)16-11/h7,9,17H,4-6H2,1-3H3,(H2,13,14,15,16). The second-order valence-electron chi connectivity index (χ2n) is 4.90. The molecular formula is C12H20N4O2S. The Hall–Kier alpha value is -1.21. The van der Waals surface area contributed by atoms with Gasteiger partial charge in [-0.25, -0.2) is 4.98 Å². The van der Waals surface area contributed by atoms with Gasteiger partial charge in [-0.2, -0.15) is 4.98 Å². The molecular weight excluding hydrogens is 264 g/mol. The fourth-order valence-corrected chi connectivity index (χ4v) is 3.32. The lowest BCUT2D eigenvalue weighted by molar-refractivity contribution is 0.249. The highest BCUT2D eigenvalue weighted by atomic mass is 32.2. The SMILES string of the molecule is CNc1nc2c(c(NC(CO)C(C)C)n1)S(=O)CC2. The normalized spacial score (nSPS) is 19.3. The Morgan fingerprint density at radius 2 is 2.16 bits per heavy atom. The van der Waals surface area contributed by atoms with Crippen LogP contribution in [-0.2, 0) is 17.2 Å². The number of rotatable bonds is 5. The predicted molar refractivity (Wildman–Crippen MR) is 75.9 cm³/mol. The first kappa shape index (κ1) is 14.2. The molecule has 1 aromatic heterocycles. The number of nitrogens with zero attached hydrogens (tertiary/aromatic N) is 2. The lowest BCUT2D eigenvalue weighted by Gasteiger charge is -2.22. The fourth-order valence-electron chi connectivity index (χ4n) is 2.01. The summed E-state index contributed by atoms with van der Waals surface area (Å²) in [6.07, 6.45) is 0.708. The van der Waals surface area contributed by atoms with E-state index in [0.717, 1.165) is 5.69 Å². The Kier molecular flexibility index (Phi) is 4.36. The van der Waals surface area contributed by atoms with Gasteiger partial charge in [0.2, 0.25) is 5.95 Å².